The van der Waals surface area contributed by atoms with E-state index in [2.05, 4.69) is 13.8 Å². The predicted octanol–water partition coefficient (Wildman–Crippen LogP) is 4.43. The van der Waals surface area contributed by atoms with Crippen molar-refractivity contribution in [2.24, 2.45) is 28.6 Å². The largest absolute Gasteiger partial charge is 0.295 e. The van der Waals surface area contributed by atoms with Crippen LogP contribution in [0.15, 0.2) is 11.6 Å². The highest BCUT2D eigenvalue weighted by atomic mass is 35.5. The van der Waals surface area contributed by atoms with E-state index in [1.165, 1.54) is 5.57 Å². The van der Waals surface area contributed by atoms with Crippen LogP contribution in [-0.2, 0) is 19.1 Å². The minimum absolute atomic E-state index is 0.0810. The molecule has 0 spiro atoms. The van der Waals surface area contributed by atoms with Crippen LogP contribution < -0.4 is 0 Å². The molecule has 4 nitrogen and oxygen atoms in total. The predicted molar refractivity (Wildman–Crippen MR) is 101 cm³/mol. The van der Waals surface area contributed by atoms with Crippen molar-refractivity contribution in [3.8, 4) is 0 Å². The number of fused-ring (bicyclic) bond motifs is 5. The zero-order valence-corrected chi connectivity index (χ0v) is 17.2. The smallest absolute Gasteiger partial charge is 0.281 e. The molecule has 0 N–H and O–H groups in total. The molecule has 6 atom stereocenters. The molecule has 0 aliphatic heterocycles. The molecule has 4 aliphatic carbocycles. The molecular weight excluding hydrogens is 372 g/mol. The monoisotopic (exact) mass is 400 g/mol. The zero-order valence-electron chi connectivity index (χ0n) is 15.7. The van der Waals surface area contributed by atoms with Gasteiger partial charge in [-0.2, -0.15) is 8.42 Å². The molecule has 0 unspecified atom stereocenters. The topological polar surface area (TPSA) is 60.4 Å². The van der Waals surface area contributed by atoms with E-state index in [0.29, 0.717) is 24.2 Å². The summed E-state index contributed by atoms with van der Waals surface area (Å²) in [7, 11) is -3.64. The normalized spacial score (nSPS) is 45.5. The summed E-state index contributed by atoms with van der Waals surface area (Å²) in [6.07, 6.45) is 9.41. The van der Waals surface area contributed by atoms with E-state index in [1.807, 2.05) is 6.08 Å². The summed E-state index contributed by atoms with van der Waals surface area (Å²) in [5.41, 5.74) is 1.44. The van der Waals surface area contributed by atoms with Gasteiger partial charge in [-0.15, -0.1) is 11.6 Å². The highest BCUT2D eigenvalue weighted by Crippen LogP contribution is 2.65. The molecule has 146 valence electrons. The van der Waals surface area contributed by atoms with Gasteiger partial charge in [-0.3, -0.25) is 8.98 Å². The van der Waals surface area contributed by atoms with E-state index in [1.54, 1.807) is 0 Å². The Balaban J connectivity index is 1.60. The quantitative estimate of drug-likeness (QED) is 0.519. The molecule has 6 heteroatoms. The van der Waals surface area contributed by atoms with Crippen molar-refractivity contribution in [3.05, 3.63) is 11.6 Å². The lowest BCUT2D eigenvalue weighted by atomic mass is 9.47. The molecule has 4 rings (SSSR count). The molecule has 0 heterocycles. The highest BCUT2D eigenvalue weighted by molar-refractivity contribution is 7.87. The van der Waals surface area contributed by atoms with Crippen LogP contribution in [-0.4, -0.2) is 25.5 Å². The van der Waals surface area contributed by atoms with Crippen LogP contribution in [0.25, 0.3) is 0 Å². The highest BCUT2D eigenvalue weighted by Gasteiger charge is 2.59. The summed E-state index contributed by atoms with van der Waals surface area (Å²) >= 11 is 5.56. The van der Waals surface area contributed by atoms with Crippen LogP contribution in [0.4, 0.5) is 0 Å². The Bertz CT molecular complexity index is 745. The third-order valence-corrected chi connectivity index (χ3v) is 9.87. The van der Waals surface area contributed by atoms with Crippen LogP contribution >= 0.6 is 11.6 Å². The Kier molecular flexibility index (Phi) is 4.60. The van der Waals surface area contributed by atoms with Crippen molar-refractivity contribution >= 4 is 27.5 Å². The number of alkyl halides is 1. The zero-order chi connectivity index (χ0) is 18.7. The van der Waals surface area contributed by atoms with E-state index in [4.69, 9.17) is 15.8 Å². The van der Waals surface area contributed by atoms with Crippen molar-refractivity contribution in [1.82, 2.24) is 0 Å². The molecule has 0 saturated heterocycles. The molecule has 0 aromatic heterocycles. The number of ketones is 1. The molecular formula is C20H29ClO4S. The van der Waals surface area contributed by atoms with Gasteiger partial charge in [0.05, 0.1) is 6.10 Å². The first kappa shape index (κ1) is 18.9. The number of hydrogen-bond acceptors (Lipinski definition) is 4. The second-order valence-corrected chi connectivity index (χ2v) is 11.5. The third kappa shape index (κ3) is 2.80. The second kappa shape index (κ2) is 6.31. The second-order valence-electron chi connectivity index (χ2n) is 9.34. The van der Waals surface area contributed by atoms with Crippen molar-refractivity contribution in [2.45, 2.75) is 71.3 Å². The van der Waals surface area contributed by atoms with Crippen molar-refractivity contribution in [2.75, 3.05) is 5.21 Å². The van der Waals surface area contributed by atoms with Gasteiger partial charge in [0, 0.05) is 6.42 Å². The van der Waals surface area contributed by atoms with Gasteiger partial charge >= 0.3 is 0 Å². The van der Waals surface area contributed by atoms with Crippen LogP contribution in [0.3, 0.4) is 0 Å². The van der Waals surface area contributed by atoms with Gasteiger partial charge in [0.15, 0.2) is 5.78 Å². The van der Waals surface area contributed by atoms with Crippen LogP contribution in [0.2, 0.25) is 0 Å². The minimum Gasteiger partial charge on any atom is -0.295 e. The Morgan fingerprint density at radius 2 is 1.88 bits per heavy atom. The van der Waals surface area contributed by atoms with Crippen LogP contribution in [0, 0.1) is 28.6 Å². The summed E-state index contributed by atoms with van der Waals surface area (Å²) in [6, 6.07) is 0. The Labute approximate surface area is 161 Å². The molecule has 0 bridgehead atoms. The fourth-order valence-electron chi connectivity index (χ4n) is 6.87. The molecule has 0 aromatic carbocycles. The molecule has 3 fully saturated rings. The lowest BCUT2D eigenvalue weighted by Gasteiger charge is -2.57. The number of carbonyl (C=O) groups excluding carboxylic acids is 1. The molecule has 26 heavy (non-hydrogen) atoms. The number of hydrogen-bond donors (Lipinski definition) is 0. The summed E-state index contributed by atoms with van der Waals surface area (Å²) in [6.45, 7) is 4.60. The summed E-state index contributed by atoms with van der Waals surface area (Å²) < 4.78 is 29.4. The average Bonchev–Trinajstić information content (AvgIpc) is 2.92. The van der Waals surface area contributed by atoms with Gasteiger partial charge < -0.3 is 0 Å². The Morgan fingerprint density at radius 3 is 2.62 bits per heavy atom. The minimum atomic E-state index is -3.64. The van der Waals surface area contributed by atoms with Gasteiger partial charge in [-0.1, -0.05) is 19.4 Å². The van der Waals surface area contributed by atoms with E-state index in [0.717, 1.165) is 44.9 Å². The van der Waals surface area contributed by atoms with Crippen LogP contribution in [0.1, 0.15) is 65.2 Å². The lowest BCUT2D eigenvalue weighted by Crippen LogP contribution is -2.51. The van der Waals surface area contributed by atoms with Gasteiger partial charge in [0.25, 0.3) is 10.1 Å². The van der Waals surface area contributed by atoms with Crippen molar-refractivity contribution in [1.29, 1.82) is 0 Å². The summed E-state index contributed by atoms with van der Waals surface area (Å²) in [5, 5.41) is -0.476. The summed E-state index contributed by atoms with van der Waals surface area (Å²) in [5.74, 6) is 2.01. The maximum Gasteiger partial charge on any atom is 0.281 e. The van der Waals surface area contributed by atoms with E-state index < -0.39 is 15.3 Å². The van der Waals surface area contributed by atoms with Gasteiger partial charge in [0.1, 0.15) is 5.21 Å². The first-order chi connectivity index (χ1) is 12.2. The standard InChI is InChI=1S/C20H29ClO4S/c1-19-9-7-14(22)11-13(19)3-4-15-16-5-6-18(25-26(23,24)12-21)20(16,2)10-8-17(15)19/h11,15-18H,3-10,12H2,1-2H3/t15-,16-,17-,18+,19-,20-/m0/s1. The van der Waals surface area contributed by atoms with Crippen molar-refractivity contribution < 1.29 is 17.4 Å². The Morgan fingerprint density at radius 1 is 1.12 bits per heavy atom. The van der Waals surface area contributed by atoms with Crippen molar-refractivity contribution in [3.63, 3.8) is 0 Å². The number of allylic oxidation sites excluding steroid dienone is 1. The fourth-order valence-corrected chi connectivity index (χ4v) is 7.75. The maximum atomic E-state index is 11.9. The first-order valence-corrected chi connectivity index (χ1v) is 12.0. The third-order valence-electron chi connectivity index (χ3n) is 8.27. The molecule has 0 aromatic rings. The number of rotatable bonds is 3. The van der Waals surface area contributed by atoms with Crippen LogP contribution in [0.5, 0.6) is 0 Å². The summed E-state index contributed by atoms with van der Waals surface area (Å²) in [4.78, 5) is 11.9. The number of carbonyl (C=O) groups is 1. The SMILES string of the molecule is C[C@]12CC[C@H]3[C@@H](CCC4=CC(=O)CC[C@@]43C)[C@@H]1CC[C@H]2OS(=O)(=O)CCl. The molecule has 4 aliphatic rings. The van der Waals surface area contributed by atoms with Gasteiger partial charge in [-0.25, -0.2) is 0 Å². The van der Waals surface area contributed by atoms with E-state index in [-0.39, 0.29) is 22.7 Å². The molecule has 0 amide bonds. The lowest BCUT2D eigenvalue weighted by molar-refractivity contribution is -0.117. The molecule has 0 radical (unpaired) electrons. The van der Waals surface area contributed by atoms with E-state index in [9.17, 15) is 13.2 Å². The Hall–Kier alpha value is -0.390. The first-order valence-electron chi connectivity index (χ1n) is 9.90. The number of halogens is 1. The molecule has 3 saturated carbocycles. The van der Waals surface area contributed by atoms with Gasteiger partial charge in [-0.05, 0) is 79.6 Å². The average molecular weight is 401 g/mol. The van der Waals surface area contributed by atoms with E-state index >= 15 is 0 Å². The van der Waals surface area contributed by atoms with Gasteiger partial charge in [0.2, 0.25) is 0 Å². The maximum absolute atomic E-state index is 11.9. The fraction of sp³-hybridized carbons (Fsp3) is 0.850.